The van der Waals surface area contributed by atoms with Crippen LogP contribution in [-0.2, 0) is 0 Å². The van der Waals surface area contributed by atoms with Crippen LogP contribution in [0, 0.1) is 0 Å². The lowest BCUT2D eigenvalue weighted by Crippen LogP contribution is -2.15. The van der Waals surface area contributed by atoms with Crippen molar-refractivity contribution in [3.05, 3.63) is 102 Å². The van der Waals surface area contributed by atoms with Gasteiger partial charge in [0.1, 0.15) is 11.5 Å². The van der Waals surface area contributed by atoms with E-state index in [0.29, 0.717) is 22.7 Å². The first kappa shape index (κ1) is 18.3. The van der Waals surface area contributed by atoms with Crippen LogP contribution in [0.2, 0.25) is 0 Å². The Hall–Kier alpha value is -3.53. The second kappa shape index (κ2) is 8.72. The number of Topliss-reactive ketones (excluding diaryl/α,β-unsaturated/α-hetero) is 1. The quantitative estimate of drug-likeness (QED) is 0.362. The molecule has 134 valence electrons. The Morgan fingerprint density at radius 2 is 1.30 bits per heavy atom. The highest BCUT2D eigenvalue weighted by Gasteiger charge is 2.16. The molecule has 0 spiro atoms. The number of para-hydroxylation sites is 1. The maximum absolute atomic E-state index is 13.0. The normalized spacial score (nSPS) is 11.9. The minimum absolute atomic E-state index is 0.168. The van der Waals surface area contributed by atoms with Gasteiger partial charge in [0.05, 0.1) is 12.8 Å². The molecule has 0 saturated carbocycles. The van der Waals surface area contributed by atoms with Crippen molar-refractivity contribution in [1.29, 1.82) is 0 Å². The van der Waals surface area contributed by atoms with Gasteiger partial charge in [-0.1, -0.05) is 72.8 Å². The molecule has 27 heavy (non-hydrogen) atoms. The Morgan fingerprint density at radius 1 is 0.741 bits per heavy atom. The molecule has 4 heteroatoms. The first-order valence-corrected chi connectivity index (χ1v) is 8.61. The number of methoxy groups -OCH3 is 1. The second-order valence-electron chi connectivity index (χ2n) is 5.90. The summed E-state index contributed by atoms with van der Waals surface area (Å²) < 4.78 is 5.38. The van der Waals surface area contributed by atoms with Crippen LogP contribution in [0.25, 0.3) is 0 Å². The summed E-state index contributed by atoms with van der Waals surface area (Å²) in [4.78, 5) is 13.0. The lowest BCUT2D eigenvalue weighted by Gasteiger charge is -2.07. The maximum atomic E-state index is 13.0. The van der Waals surface area contributed by atoms with E-state index < -0.39 is 0 Å². The molecule has 0 atom stereocenters. The summed E-state index contributed by atoms with van der Waals surface area (Å²) >= 11 is 0. The molecule has 3 aromatic rings. The molecule has 0 aromatic heterocycles. The zero-order chi connectivity index (χ0) is 19.1. The van der Waals surface area contributed by atoms with Gasteiger partial charge in [-0.25, -0.2) is 0 Å². The molecule has 4 nitrogen and oxygen atoms in total. The smallest absolute Gasteiger partial charge is 0.213 e. The summed E-state index contributed by atoms with van der Waals surface area (Å²) in [7, 11) is 1.61. The van der Waals surface area contributed by atoms with Gasteiger partial charge in [0.15, 0.2) is 0 Å². The van der Waals surface area contributed by atoms with Gasteiger partial charge in [0.2, 0.25) is 5.78 Å². The van der Waals surface area contributed by atoms with Crippen LogP contribution in [0.15, 0.2) is 95.1 Å². The van der Waals surface area contributed by atoms with Gasteiger partial charge in [0, 0.05) is 16.7 Å². The Kier molecular flexibility index (Phi) is 5.90. The number of ether oxygens (including phenoxy) is 1. The van der Waals surface area contributed by atoms with E-state index in [2.05, 4.69) is 10.2 Å². The molecule has 3 rings (SSSR count). The molecule has 0 aliphatic heterocycles. The molecular formula is C23H20N2O2. The van der Waals surface area contributed by atoms with Crippen molar-refractivity contribution in [2.45, 2.75) is 6.92 Å². The van der Waals surface area contributed by atoms with Gasteiger partial charge in [-0.05, 0) is 19.1 Å². The van der Waals surface area contributed by atoms with Gasteiger partial charge < -0.3 is 4.74 Å². The van der Waals surface area contributed by atoms with E-state index in [-0.39, 0.29) is 5.78 Å². The van der Waals surface area contributed by atoms with Gasteiger partial charge in [-0.15, -0.1) is 5.10 Å². The van der Waals surface area contributed by atoms with Crippen LogP contribution in [-0.4, -0.2) is 24.3 Å². The number of nitrogens with zero attached hydrogens (tertiary/aromatic N) is 2. The second-order valence-corrected chi connectivity index (χ2v) is 5.90. The first-order chi connectivity index (χ1) is 13.2. The van der Waals surface area contributed by atoms with Crippen molar-refractivity contribution >= 4 is 17.2 Å². The summed E-state index contributed by atoms with van der Waals surface area (Å²) in [5.41, 5.74) is 3.11. The molecule has 0 amide bonds. The van der Waals surface area contributed by atoms with Gasteiger partial charge in [-0.2, -0.15) is 5.10 Å². The molecule has 0 aliphatic carbocycles. The zero-order valence-corrected chi connectivity index (χ0v) is 15.3. The molecule has 0 bridgehead atoms. The van der Waals surface area contributed by atoms with Crippen molar-refractivity contribution in [2.24, 2.45) is 10.2 Å². The van der Waals surface area contributed by atoms with E-state index in [0.717, 1.165) is 11.1 Å². The highest BCUT2D eigenvalue weighted by atomic mass is 16.5. The Labute approximate surface area is 158 Å². The third kappa shape index (κ3) is 4.36. The van der Waals surface area contributed by atoms with Gasteiger partial charge in [-0.3, -0.25) is 4.79 Å². The van der Waals surface area contributed by atoms with E-state index in [9.17, 15) is 4.79 Å². The Bertz CT molecular complexity index is 978. The summed E-state index contributed by atoms with van der Waals surface area (Å²) in [5, 5.41) is 8.65. The SMILES string of the molecule is COc1ccccc1/C(C)=N/N=C(/C(=O)c1ccccc1)c1ccccc1. The van der Waals surface area contributed by atoms with E-state index in [1.165, 1.54) is 0 Å². The van der Waals surface area contributed by atoms with Gasteiger partial charge >= 0.3 is 0 Å². The highest BCUT2D eigenvalue weighted by molar-refractivity contribution is 6.51. The summed E-state index contributed by atoms with van der Waals surface area (Å²) in [6.07, 6.45) is 0. The number of hydrogen-bond acceptors (Lipinski definition) is 4. The van der Waals surface area contributed by atoms with E-state index in [1.54, 1.807) is 19.2 Å². The molecule has 3 aromatic carbocycles. The third-order valence-electron chi connectivity index (χ3n) is 4.10. The Balaban J connectivity index is 2.04. The molecule has 0 aliphatic rings. The van der Waals surface area contributed by atoms with Crippen molar-refractivity contribution in [3.63, 3.8) is 0 Å². The van der Waals surface area contributed by atoms with Crippen LogP contribution >= 0.6 is 0 Å². The van der Waals surface area contributed by atoms with Gasteiger partial charge in [0.25, 0.3) is 0 Å². The first-order valence-electron chi connectivity index (χ1n) is 8.61. The topological polar surface area (TPSA) is 51.0 Å². The molecular weight excluding hydrogens is 336 g/mol. The minimum atomic E-state index is -0.168. The number of carbonyl (C=O) groups excluding carboxylic acids is 1. The van der Waals surface area contributed by atoms with Crippen LogP contribution in [0.1, 0.15) is 28.4 Å². The van der Waals surface area contributed by atoms with Crippen LogP contribution < -0.4 is 4.74 Å². The lowest BCUT2D eigenvalue weighted by molar-refractivity contribution is 0.106. The summed E-state index contributed by atoms with van der Waals surface area (Å²) in [6.45, 7) is 1.84. The van der Waals surface area contributed by atoms with Crippen LogP contribution in [0.5, 0.6) is 5.75 Å². The fraction of sp³-hybridized carbons (Fsp3) is 0.0870. The predicted molar refractivity (Wildman–Crippen MR) is 109 cm³/mol. The molecule has 0 N–H and O–H groups in total. The highest BCUT2D eigenvalue weighted by Crippen LogP contribution is 2.18. The molecule has 0 heterocycles. The van der Waals surface area contributed by atoms with E-state index >= 15 is 0 Å². The maximum Gasteiger partial charge on any atom is 0.213 e. The van der Waals surface area contributed by atoms with Crippen LogP contribution in [0.3, 0.4) is 0 Å². The van der Waals surface area contributed by atoms with Crippen molar-refractivity contribution in [3.8, 4) is 5.75 Å². The van der Waals surface area contributed by atoms with E-state index in [1.807, 2.05) is 79.7 Å². The fourth-order valence-corrected chi connectivity index (χ4v) is 2.68. The molecule has 0 fully saturated rings. The van der Waals surface area contributed by atoms with Crippen molar-refractivity contribution in [1.82, 2.24) is 0 Å². The number of benzene rings is 3. The fourth-order valence-electron chi connectivity index (χ4n) is 2.68. The van der Waals surface area contributed by atoms with Crippen molar-refractivity contribution < 1.29 is 9.53 Å². The number of rotatable bonds is 6. The minimum Gasteiger partial charge on any atom is -0.496 e. The number of hydrogen-bond donors (Lipinski definition) is 0. The molecule has 0 radical (unpaired) electrons. The zero-order valence-electron chi connectivity index (χ0n) is 15.3. The third-order valence-corrected chi connectivity index (χ3v) is 4.10. The van der Waals surface area contributed by atoms with E-state index in [4.69, 9.17) is 4.74 Å². The predicted octanol–water partition coefficient (Wildman–Crippen LogP) is 4.79. The number of carbonyl (C=O) groups is 1. The largest absolute Gasteiger partial charge is 0.496 e. The summed E-state index contributed by atoms with van der Waals surface area (Å²) in [5.74, 6) is 0.544. The average Bonchev–Trinajstić information content (AvgIpc) is 2.75. The monoisotopic (exact) mass is 356 g/mol. The van der Waals surface area contributed by atoms with Crippen LogP contribution in [0.4, 0.5) is 0 Å². The molecule has 0 unspecified atom stereocenters. The summed E-state index contributed by atoms with van der Waals surface area (Å²) in [6, 6.07) is 26.0. The van der Waals surface area contributed by atoms with Crippen molar-refractivity contribution in [2.75, 3.05) is 7.11 Å². The molecule has 0 saturated heterocycles. The Morgan fingerprint density at radius 3 is 1.93 bits per heavy atom. The number of ketones is 1. The lowest BCUT2D eigenvalue weighted by atomic mass is 10.0. The average molecular weight is 356 g/mol. The standard InChI is InChI=1S/C23H20N2O2/c1-17(20-15-9-10-16-21(20)27-2)24-25-22(18-11-5-3-6-12-18)23(26)19-13-7-4-8-14-19/h3-16H,1-2H3/b24-17+,25-22+.